The van der Waals surface area contributed by atoms with Crippen molar-refractivity contribution in [3.8, 4) is 0 Å². The van der Waals surface area contributed by atoms with E-state index in [9.17, 15) is 9.59 Å². The van der Waals surface area contributed by atoms with Crippen molar-refractivity contribution in [2.75, 3.05) is 12.0 Å². The smallest absolute Gasteiger partial charge is 0.324 e. The molecule has 3 amide bonds. The summed E-state index contributed by atoms with van der Waals surface area (Å²) >= 11 is 1.30. The van der Waals surface area contributed by atoms with Crippen molar-refractivity contribution in [1.29, 1.82) is 0 Å². The number of urea groups is 1. The molecule has 0 spiro atoms. The van der Waals surface area contributed by atoms with Crippen molar-refractivity contribution in [2.24, 2.45) is 5.84 Å². The number of hydrogen-bond acceptors (Lipinski definition) is 6. The molecule has 1 aromatic rings. The fourth-order valence-corrected chi connectivity index (χ4v) is 1.93. The lowest BCUT2D eigenvalue weighted by molar-refractivity contribution is -0.125. The van der Waals surface area contributed by atoms with Gasteiger partial charge in [0.2, 0.25) is 5.91 Å². The second-order valence-corrected chi connectivity index (χ2v) is 4.03. The molecule has 1 aliphatic rings. The molecule has 1 saturated heterocycles. The first-order valence-corrected chi connectivity index (χ1v) is 5.02. The Morgan fingerprint density at radius 1 is 1.67 bits per heavy atom. The van der Waals surface area contributed by atoms with Crippen LogP contribution in [0.3, 0.4) is 0 Å². The predicted molar refractivity (Wildman–Crippen MR) is 53.9 cm³/mol. The second kappa shape index (κ2) is 3.83. The van der Waals surface area contributed by atoms with Gasteiger partial charge in [0.05, 0.1) is 13.1 Å². The molecule has 80 valence electrons. The van der Waals surface area contributed by atoms with Crippen molar-refractivity contribution in [2.45, 2.75) is 6.54 Å². The molecular formula is C7H9N5O2S. The zero-order valence-corrected chi connectivity index (χ0v) is 8.50. The minimum absolute atomic E-state index is 0.0691. The Morgan fingerprint density at radius 2 is 2.47 bits per heavy atom. The van der Waals surface area contributed by atoms with E-state index in [-0.39, 0.29) is 25.0 Å². The van der Waals surface area contributed by atoms with Gasteiger partial charge in [-0.05, 0) is 0 Å². The molecule has 15 heavy (non-hydrogen) atoms. The van der Waals surface area contributed by atoms with Gasteiger partial charge in [-0.15, -0.1) is 0 Å². The van der Waals surface area contributed by atoms with E-state index in [1.165, 1.54) is 11.3 Å². The van der Waals surface area contributed by atoms with Crippen molar-refractivity contribution in [1.82, 2.24) is 15.2 Å². The van der Waals surface area contributed by atoms with E-state index < -0.39 is 0 Å². The van der Waals surface area contributed by atoms with Crippen LogP contribution in [0.4, 0.5) is 9.93 Å². The van der Waals surface area contributed by atoms with Gasteiger partial charge >= 0.3 is 6.03 Å². The number of aromatic nitrogens is 1. The van der Waals surface area contributed by atoms with E-state index in [1.54, 1.807) is 6.20 Å². The lowest BCUT2D eigenvalue weighted by Gasteiger charge is -2.09. The maximum absolute atomic E-state index is 11.3. The molecule has 0 saturated carbocycles. The maximum atomic E-state index is 11.3. The Morgan fingerprint density at radius 3 is 3.00 bits per heavy atom. The summed E-state index contributed by atoms with van der Waals surface area (Å²) in [6.07, 6.45) is 1.58. The van der Waals surface area contributed by atoms with E-state index in [1.807, 2.05) is 0 Å². The first kappa shape index (κ1) is 9.87. The number of hydrogen-bond donors (Lipinski definition) is 3. The summed E-state index contributed by atoms with van der Waals surface area (Å²) in [6.45, 7) is 0.309. The molecule has 1 aromatic heterocycles. The summed E-state index contributed by atoms with van der Waals surface area (Å²) in [5, 5.41) is 2.99. The van der Waals surface area contributed by atoms with Gasteiger partial charge in [-0.2, -0.15) is 0 Å². The Bertz CT molecular complexity index is 388. The highest BCUT2D eigenvalue weighted by atomic mass is 32.1. The fraction of sp³-hybridized carbons (Fsp3) is 0.286. The summed E-state index contributed by atoms with van der Waals surface area (Å²) in [6, 6.07) is -0.365. The topological polar surface area (TPSA) is 100 Å². The fourth-order valence-electron chi connectivity index (χ4n) is 1.22. The van der Waals surface area contributed by atoms with Gasteiger partial charge in [-0.1, -0.05) is 11.3 Å². The third-order valence-electron chi connectivity index (χ3n) is 1.93. The van der Waals surface area contributed by atoms with E-state index >= 15 is 0 Å². The Labute approximate surface area is 89.2 Å². The number of nitrogens with one attached hydrogen (secondary N) is 2. The first-order chi connectivity index (χ1) is 7.20. The summed E-state index contributed by atoms with van der Waals surface area (Å²) in [4.78, 5) is 28.3. The van der Waals surface area contributed by atoms with E-state index in [0.29, 0.717) is 5.13 Å². The van der Waals surface area contributed by atoms with E-state index in [4.69, 9.17) is 5.84 Å². The van der Waals surface area contributed by atoms with Gasteiger partial charge < -0.3 is 5.32 Å². The Kier molecular flexibility index (Phi) is 2.52. The number of carbonyl (C=O) groups is 2. The largest absolute Gasteiger partial charge is 0.329 e. The number of amides is 3. The molecule has 2 heterocycles. The number of rotatable bonds is 3. The summed E-state index contributed by atoms with van der Waals surface area (Å²) in [5.74, 6) is 4.94. The molecule has 1 aliphatic heterocycles. The first-order valence-electron chi connectivity index (χ1n) is 4.20. The number of anilines is 1. The van der Waals surface area contributed by atoms with Gasteiger partial charge in [0.25, 0.3) is 0 Å². The number of nitrogens with zero attached hydrogens (tertiary/aromatic N) is 2. The van der Waals surface area contributed by atoms with Gasteiger partial charge in [-0.25, -0.2) is 15.6 Å². The molecule has 8 heteroatoms. The van der Waals surface area contributed by atoms with Crippen LogP contribution in [0.1, 0.15) is 4.88 Å². The highest BCUT2D eigenvalue weighted by Gasteiger charge is 2.28. The van der Waals surface area contributed by atoms with Crippen LogP contribution in [-0.4, -0.2) is 28.4 Å². The molecule has 2 rings (SSSR count). The van der Waals surface area contributed by atoms with Crippen molar-refractivity contribution in [3.05, 3.63) is 11.1 Å². The predicted octanol–water partition coefficient (Wildman–Crippen LogP) is -0.520. The van der Waals surface area contributed by atoms with Crippen LogP contribution < -0.4 is 16.6 Å². The second-order valence-electron chi connectivity index (χ2n) is 2.91. The number of carbonyl (C=O) groups excluding carboxylic acids is 2. The third-order valence-corrected chi connectivity index (χ3v) is 2.84. The van der Waals surface area contributed by atoms with Gasteiger partial charge in [0.1, 0.15) is 0 Å². The quantitative estimate of drug-likeness (QED) is 0.366. The molecule has 0 radical (unpaired) electrons. The minimum atomic E-state index is -0.365. The maximum Gasteiger partial charge on any atom is 0.324 e. The standard InChI is InChI=1S/C7H9N5O2S/c8-11-6-9-1-4(15-6)3-12-5(13)2-10-7(12)14/h1H,2-3,8H2,(H,9,11)(H,10,14). The van der Waals surface area contributed by atoms with E-state index in [0.717, 1.165) is 9.78 Å². The number of nitrogen functional groups attached to an aromatic ring is 1. The molecule has 4 N–H and O–H groups in total. The monoisotopic (exact) mass is 227 g/mol. The zero-order valence-electron chi connectivity index (χ0n) is 7.69. The van der Waals surface area contributed by atoms with Crippen LogP contribution in [0.25, 0.3) is 0 Å². The van der Waals surface area contributed by atoms with Crippen LogP contribution in [0, 0.1) is 0 Å². The summed E-state index contributed by atoms with van der Waals surface area (Å²) in [7, 11) is 0. The van der Waals surface area contributed by atoms with Crippen LogP contribution in [0.5, 0.6) is 0 Å². The third kappa shape index (κ3) is 1.90. The molecular weight excluding hydrogens is 218 g/mol. The number of thiazole rings is 1. The SMILES string of the molecule is NNc1ncc(CN2C(=O)CNC2=O)s1. The molecule has 0 bridgehead atoms. The zero-order chi connectivity index (χ0) is 10.8. The Balaban J connectivity index is 2.07. The molecule has 0 aliphatic carbocycles. The van der Waals surface area contributed by atoms with Crippen LogP contribution in [-0.2, 0) is 11.3 Å². The lowest BCUT2D eigenvalue weighted by atomic mass is 10.5. The molecule has 0 unspecified atom stereocenters. The average Bonchev–Trinajstić information content (AvgIpc) is 2.80. The lowest BCUT2D eigenvalue weighted by Crippen LogP contribution is -2.29. The number of hydrazine groups is 1. The van der Waals surface area contributed by atoms with Crippen molar-refractivity contribution >= 4 is 28.4 Å². The molecule has 0 aromatic carbocycles. The highest BCUT2D eigenvalue weighted by Crippen LogP contribution is 2.19. The highest BCUT2D eigenvalue weighted by molar-refractivity contribution is 7.15. The van der Waals surface area contributed by atoms with Gasteiger partial charge in [0, 0.05) is 11.1 Å². The molecule has 1 fully saturated rings. The van der Waals surface area contributed by atoms with Crippen molar-refractivity contribution < 1.29 is 9.59 Å². The number of imide groups is 1. The van der Waals surface area contributed by atoms with Gasteiger partial charge in [-0.3, -0.25) is 15.1 Å². The van der Waals surface area contributed by atoms with Gasteiger partial charge in [0.15, 0.2) is 5.13 Å². The normalized spacial score (nSPS) is 15.7. The van der Waals surface area contributed by atoms with Crippen molar-refractivity contribution in [3.63, 3.8) is 0 Å². The van der Waals surface area contributed by atoms with Crippen LogP contribution in [0.2, 0.25) is 0 Å². The van der Waals surface area contributed by atoms with E-state index in [2.05, 4.69) is 15.7 Å². The van der Waals surface area contributed by atoms with Crippen LogP contribution >= 0.6 is 11.3 Å². The summed E-state index contributed by atoms with van der Waals surface area (Å²) < 4.78 is 0. The Hall–Kier alpha value is -1.67. The molecule has 0 atom stereocenters. The molecule has 7 nitrogen and oxygen atoms in total. The van der Waals surface area contributed by atoms with Crippen LogP contribution in [0.15, 0.2) is 6.20 Å². The summed E-state index contributed by atoms with van der Waals surface area (Å²) in [5.41, 5.74) is 2.40. The minimum Gasteiger partial charge on any atom is -0.329 e. The average molecular weight is 227 g/mol. The number of nitrogens with two attached hydrogens (primary N) is 1.